The van der Waals surface area contributed by atoms with Crippen LogP contribution >= 0.6 is 0 Å². The third-order valence-corrected chi connectivity index (χ3v) is 4.24. The lowest BCUT2D eigenvalue weighted by Crippen LogP contribution is -2.43. The molecule has 0 aromatic carbocycles. The van der Waals surface area contributed by atoms with Crippen molar-refractivity contribution in [2.75, 3.05) is 0 Å². The largest absolute Gasteiger partial charge is 0.467 e. The number of furan rings is 1. The van der Waals surface area contributed by atoms with Crippen molar-refractivity contribution in [2.45, 2.75) is 50.4 Å². The van der Waals surface area contributed by atoms with E-state index in [9.17, 15) is 9.90 Å². The third-order valence-electron chi connectivity index (χ3n) is 4.24. The number of carbonyl (C=O) groups excluding carboxylic acids is 1. The van der Waals surface area contributed by atoms with Gasteiger partial charge in [0.15, 0.2) is 0 Å². The fourth-order valence-corrected chi connectivity index (χ4v) is 3.35. The molecule has 0 saturated carbocycles. The standard InChI is InChI=1S/C13H19N3O3/c14-15-13(18)8-3-12(19-7-8)6-16-9-1-2-10(16)5-11(17)4-9/h3,7,9-11,17H,1-2,4-6,14H2,(H,15,18). The van der Waals surface area contributed by atoms with Gasteiger partial charge >= 0.3 is 0 Å². The number of carbonyl (C=O) groups is 1. The highest BCUT2D eigenvalue weighted by molar-refractivity contribution is 5.93. The average molecular weight is 265 g/mol. The first-order valence-corrected chi connectivity index (χ1v) is 6.69. The summed E-state index contributed by atoms with van der Waals surface area (Å²) < 4.78 is 5.42. The van der Waals surface area contributed by atoms with E-state index in [4.69, 9.17) is 10.3 Å². The molecule has 3 rings (SSSR count). The van der Waals surface area contributed by atoms with Crippen LogP contribution in [0.4, 0.5) is 0 Å². The van der Waals surface area contributed by atoms with E-state index in [1.165, 1.54) is 6.26 Å². The molecule has 2 aliphatic rings. The molecule has 2 aliphatic heterocycles. The first kappa shape index (κ1) is 12.7. The minimum atomic E-state index is -0.341. The maximum Gasteiger partial charge on any atom is 0.268 e. The fraction of sp³-hybridized carbons (Fsp3) is 0.615. The van der Waals surface area contributed by atoms with Gasteiger partial charge in [-0.3, -0.25) is 15.1 Å². The Labute approximate surface area is 111 Å². The van der Waals surface area contributed by atoms with Gasteiger partial charge in [-0.25, -0.2) is 5.84 Å². The lowest BCUT2D eigenvalue weighted by Gasteiger charge is -2.36. The lowest BCUT2D eigenvalue weighted by atomic mass is 10.00. The first-order valence-electron chi connectivity index (χ1n) is 6.69. The van der Waals surface area contributed by atoms with Crippen LogP contribution in [0.3, 0.4) is 0 Å². The van der Waals surface area contributed by atoms with Gasteiger partial charge in [0.05, 0.1) is 18.2 Å². The predicted molar refractivity (Wildman–Crippen MR) is 68.0 cm³/mol. The minimum Gasteiger partial charge on any atom is -0.467 e. The smallest absolute Gasteiger partial charge is 0.268 e. The van der Waals surface area contributed by atoms with E-state index < -0.39 is 0 Å². The predicted octanol–water partition coefficient (Wildman–Crippen LogP) is 0.371. The Morgan fingerprint density at radius 3 is 2.79 bits per heavy atom. The number of nitrogens with zero attached hydrogens (tertiary/aromatic N) is 1. The van der Waals surface area contributed by atoms with Gasteiger partial charge in [0, 0.05) is 12.1 Å². The number of nitrogens with two attached hydrogens (primary N) is 1. The molecule has 2 fully saturated rings. The van der Waals surface area contributed by atoms with Crippen molar-refractivity contribution in [3.63, 3.8) is 0 Å². The normalized spacial score (nSPS) is 30.5. The Bertz CT molecular complexity index is 459. The molecule has 1 aromatic heterocycles. The summed E-state index contributed by atoms with van der Waals surface area (Å²) in [5.41, 5.74) is 2.53. The van der Waals surface area contributed by atoms with Gasteiger partial charge in [-0.15, -0.1) is 0 Å². The highest BCUT2D eigenvalue weighted by atomic mass is 16.3. The topological polar surface area (TPSA) is 91.7 Å². The summed E-state index contributed by atoms with van der Waals surface area (Å²) in [6.07, 6.45) is 5.22. The Kier molecular flexibility index (Phi) is 3.30. The zero-order chi connectivity index (χ0) is 13.4. The number of aliphatic hydroxyl groups excluding tert-OH is 1. The first-order chi connectivity index (χ1) is 9.17. The SMILES string of the molecule is NNC(=O)c1coc(CN2C3CCC2CC(O)C3)c1. The molecule has 6 nitrogen and oxygen atoms in total. The van der Waals surface area contributed by atoms with Gasteiger partial charge in [-0.2, -0.15) is 0 Å². The maximum absolute atomic E-state index is 11.4. The van der Waals surface area contributed by atoms with E-state index in [1.54, 1.807) is 6.07 Å². The minimum absolute atomic E-state index is 0.163. The molecule has 2 atom stereocenters. The fourth-order valence-electron chi connectivity index (χ4n) is 3.35. The summed E-state index contributed by atoms with van der Waals surface area (Å²) >= 11 is 0. The molecule has 2 saturated heterocycles. The number of fused-ring (bicyclic) bond motifs is 2. The van der Waals surface area contributed by atoms with Gasteiger partial charge < -0.3 is 9.52 Å². The number of aliphatic hydroxyl groups is 1. The summed E-state index contributed by atoms with van der Waals surface area (Å²) in [6, 6.07) is 2.60. The number of hydrazine groups is 1. The van der Waals surface area contributed by atoms with Gasteiger partial charge in [0.2, 0.25) is 0 Å². The molecule has 6 heteroatoms. The van der Waals surface area contributed by atoms with E-state index in [0.717, 1.165) is 31.4 Å². The molecule has 104 valence electrons. The third kappa shape index (κ3) is 2.39. The summed E-state index contributed by atoms with van der Waals surface area (Å²) in [4.78, 5) is 13.7. The number of nitrogens with one attached hydrogen (secondary N) is 1. The van der Waals surface area contributed by atoms with Gasteiger partial charge in [0.1, 0.15) is 12.0 Å². The average Bonchev–Trinajstić information content (AvgIpc) is 2.94. The molecule has 19 heavy (non-hydrogen) atoms. The number of hydrogen-bond acceptors (Lipinski definition) is 5. The van der Waals surface area contributed by atoms with Crippen LogP contribution in [-0.4, -0.2) is 34.1 Å². The second-order valence-electron chi connectivity index (χ2n) is 5.46. The Morgan fingerprint density at radius 1 is 1.47 bits per heavy atom. The molecule has 2 bridgehead atoms. The summed E-state index contributed by atoms with van der Waals surface area (Å²) in [6.45, 7) is 0.694. The number of nitrogen functional groups attached to an aromatic ring is 1. The summed E-state index contributed by atoms with van der Waals surface area (Å²) in [5, 5.41) is 9.77. The molecular weight excluding hydrogens is 246 g/mol. The van der Waals surface area contributed by atoms with Crippen LogP contribution < -0.4 is 11.3 Å². The quantitative estimate of drug-likeness (QED) is 0.417. The van der Waals surface area contributed by atoms with Crippen LogP contribution in [0.25, 0.3) is 0 Å². The second-order valence-corrected chi connectivity index (χ2v) is 5.46. The zero-order valence-electron chi connectivity index (χ0n) is 10.7. The number of rotatable bonds is 3. The highest BCUT2D eigenvalue weighted by Gasteiger charge is 2.40. The second kappa shape index (κ2) is 4.96. The van der Waals surface area contributed by atoms with Crippen molar-refractivity contribution in [2.24, 2.45) is 5.84 Å². The molecule has 4 N–H and O–H groups in total. The van der Waals surface area contributed by atoms with Crippen molar-refractivity contribution in [3.8, 4) is 0 Å². The van der Waals surface area contributed by atoms with Crippen LogP contribution in [0.15, 0.2) is 16.7 Å². The van der Waals surface area contributed by atoms with Gasteiger partial charge in [-0.1, -0.05) is 0 Å². The van der Waals surface area contributed by atoms with Crippen molar-refractivity contribution < 1.29 is 14.3 Å². The van der Waals surface area contributed by atoms with Crippen molar-refractivity contribution >= 4 is 5.91 Å². The number of piperidine rings is 1. The molecular formula is C13H19N3O3. The maximum atomic E-state index is 11.4. The zero-order valence-corrected chi connectivity index (χ0v) is 10.7. The van der Waals surface area contributed by atoms with Crippen LogP contribution in [0.2, 0.25) is 0 Å². The Hall–Kier alpha value is -1.37. The highest BCUT2D eigenvalue weighted by Crippen LogP contribution is 2.36. The molecule has 2 unspecified atom stereocenters. The van der Waals surface area contributed by atoms with E-state index >= 15 is 0 Å². The van der Waals surface area contributed by atoms with Gasteiger partial charge in [-0.05, 0) is 31.7 Å². The van der Waals surface area contributed by atoms with E-state index in [2.05, 4.69) is 10.3 Å². The van der Waals surface area contributed by atoms with E-state index in [-0.39, 0.29) is 12.0 Å². The molecule has 0 spiro atoms. The molecule has 3 heterocycles. The summed E-state index contributed by atoms with van der Waals surface area (Å²) in [5.74, 6) is 5.52. The number of amides is 1. The van der Waals surface area contributed by atoms with Crippen LogP contribution in [-0.2, 0) is 6.54 Å². The van der Waals surface area contributed by atoms with Crippen molar-refractivity contribution in [1.29, 1.82) is 0 Å². The van der Waals surface area contributed by atoms with Crippen LogP contribution in [0.5, 0.6) is 0 Å². The van der Waals surface area contributed by atoms with Crippen molar-refractivity contribution in [3.05, 3.63) is 23.7 Å². The monoisotopic (exact) mass is 265 g/mol. The van der Waals surface area contributed by atoms with Crippen LogP contribution in [0, 0.1) is 0 Å². The Morgan fingerprint density at radius 2 is 2.16 bits per heavy atom. The van der Waals surface area contributed by atoms with Gasteiger partial charge in [0.25, 0.3) is 5.91 Å². The van der Waals surface area contributed by atoms with E-state index in [1.807, 2.05) is 0 Å². The molecule has 0 aliphatic carbocycles. The van der Waals surface area contributed by atoms with Crippen LogP contribution in [0.1, 0.15) is 41.8 Å². The summed E-state index contributed by atoms with van der Waals surface area (Å²) in [7, 11) is 0. The lowest BCUT2D eigenvalue weighted by molar-refractivity contribution is 0.0275. The van der Waals surface area contributed by atoms with Crippen molar-refractivity contribution in [1.82, 2.24) is 10.3 Å². The van der Waals surface area contributed by atoms with E-state index in [0.29, 0.717) is 24.2 Å². The molecule has 1 aromatic rings. The molecule has 0 radical (unpaired) electrons. The number of hydrogen-bond donors (Lipinski definition) is 3. The Balaban J connectivity index is 1.69. The molecule has 1 amide bonds.